The van der Waals surface area contributed by atoms with Gasteiger partial charge in [0.25, 0.3) is 5.69 Å². The highest BCUT2D eigenvalue weighted by Crippen LogP contribution is 2.36. The van der Waals surface area contributed by atoms with E-state index in [1.54, 1.807) is 36.4 Å². The summed E-state index contributed by atoms with van der Waals surface area (Å²) in [6.07, 6.45) is 9.45. The SMILES string of the molecule is C=CC1=C(/C=C\C)CC(C=Nc2cc(OCc3cc(CC)cc([N+](=O)[O-])c3)c(OC)cc2C)N1C=O. The smallest absolute Gasteiger partial charge is 0.270 e. The number of amides is 1. The number of carbonyl (C=O) groups is 1. The number of aryl methyl sites for hydroxylation is 2. The molecule has 1 atom stereocenters. The van der Waals surface area contributed by atoms with Crippen molar-refractivity contribution in [3.05, 3.63) is 93.2 Å². The van der Waals surface area contributed by atoms with Gasteiger partial charge in [-0.2, -0.15) is 0 Å². The Morgan fingerprint density at radius 2 is 1.97 bits per heavy atom. The lowest BCUT2D eigenvalue weighted by Gasteiger charge is -2.18. The molecule has 0 radical (unpaired) electrons. The number of allylic oxidation sites excluding steroid dienone is 3. The Bertz CT molecular complexity index is 1250. The van der Waals surface area contributed by atoms with Crippen LogP contribution in [0, 0.1) is 17.0 Å². The molecule has 1 amide bonds. The number of nitrogens with zero attached hydrogens (tertiary/aromatic N) is 3. The molecule has 0 fully saturated rings. The van der Waals surface area contributed by atoms with Crippen molar-refractivity contribution >= 4 is 24.0 Å². The van der Waals surface area contributed by atoms with E-state index in [0.717, 1.165) is 28.8 Å². The summed E-state index contributed by atoms with van der Waals surface area (Å²) in [6.45, 7) is 9.77. The van der Waals surface area contributed by atoms with E-state index in [4.69, 9.17) is 9.47 Å². The summed E-state index contributed by atoms with van der Waals surface area (Å²) in [4.78, 5) is 28.9. The average molecular weight is 490 g/mol. The molecule has 3 rings (SSSR count). The summed E-state index contributed by atoms with van der Waals surface area (Å²) in [5.41, 5.74) is 4.94. The molecule has 0 aromatic heterocycles. The summed E-state index contributed by atoms with van der Waals surface area (Å²) < 4.78 is 11.5. The lowest BCUT2D eigenvalue weighted by molar-refractivity contribution is -0.385. The van der Waals surface area contributed by atoms with Crippen LogP contribution < -0.4 is 9.47 Å². The van der Waals surface area contributed by atoms with Crippen molar-refractivity contribution in [3.8, 4) is 11.5 Å². The van der Waals surface area contributed by atoms with Crippen LogP contribution in [0.1, 0.15) is 37.0 Å². The van der Waals surface area contributed by atoms with Crippen LogP contribution in [-0.4, -0.2) is 35.6 Å². The van der Waals surface area contributed by atoms with Crippen LogP contribution in [0.4, 0.5) is 11.4 Å². The lowest BCUT2D eigenvalue weighted by Crippen LogP contribution is -2.29. The van der Waals surface area contributed by atoms with E-state index in [-0.39, 0.29) is 18.3 Å². The number of nitro groups is 1. The van der Waals surface area contributed by atoms with Gasteiger partial charge in [-0.15, -0.1) is 0 Å². The number of carbonyl (C=O) groups excluding carboxylic acids is 1. The van der Waals surface area contributed by atoms with E-state index in [9.17, 15) is 14.9 Å². The van der Waals surface area contributed by atoms with Crippen LogP contribution in [0.25, 0.3) is 0 Å². The number of non-ortho nitro benzene ring substituents is 1. The molecule has 1 aliphatic rings. The van der Waals surface area contributed by atoms with E-state index in [1.807, 2.05) is 45.1 Å². The molecule has 0 spiro atoms. The van der Waals surface area contributed by atoms with Crippen LogP contribution in [0.3, 0.4) is 0 Å². The highest BCUT2D eigenvalue weighted by Gasteiger charge is 2.27. The van der Waals surface area contributed by atoms with Crippen LogP contribution in [-0.2, 0) is 17.8 Å². The van der Waals surface area contributed by atoms with Gasteiger partial charge in [-0.05, 0) is 54.7 Å². The number of ether oxygens (including phenoxy) is 2. The van der Waals surface area contributed by atoms with Crippen LogP contribution in [0.5, 0.6) is 11.5 Å². The molecule has 188 valence electrons. The number of rotatable bonds is 11. The molecular formula is C28H31N3O5. The Morgan fingerprint density at radius 3 is 2.58 bits per heavy atom. The molecule has 2 aromatic rings. The van der Waals surface area contributed by atoms with Crippen molar-refractivity contribution in [2.75, 3.05) is 7.11 Å². The van der Waals surface area contributed by atoms with Crippen molar-refractivity contribution in [1.29, 1.82) is 0 Å². The normalized spacial score (nSPS) is 15.7. The minimum Gasteiger partial charge on any atom is -0.493 e. The molecule has 1 aliphatic heterocycles. The first-order valence-electron chi connectivity index (χ1n) is 11.7. The van der Waals surface area contributed by atoms with Gasteiger partial charge in [-0.1, -0.05) is 31.7 Å². The predicted octanol–water partition coefficient (Wildman–Crippen LogP) is 6.00. The molecule has 2 aromatic carbocycles. The number of nitro benzene ring substituents is 1. The Labute approximate surface area is 211 Å². The van der Waals surface area contributed by atoms with E-state index < -0.39 is 4.92 Å². The number of benzene rings is 2. The fourth-order valence-corrected chi connectivity index (χ4v) is 4.15. The van der Waals surface area contributed by atoms with E-state index in [2.05, 4.69) is 11.6 Å². The summed E-state index contributed by atoms with van der Waals surface area (Å²) in [5, 5.41) is 11.3. The Kier molecular flexibility index (Phi) is 8.78. The van der Waals surface area contributed by atoms with Gasteiger partial charge in [0.1, 0.15) is 6.61 Å². The molecule has 1 unspecified atom stereocenters. The molecule has 36 heavy (non-hydrogen) atoms. The first kappa shape index (κ1) is 26.4. The predicted molar refractivity (Wildman–Crippen MR) is 141 cm³/mol. The van der Waals surface area contributed by atoms with Crippen LogP contribution in [0.2, 0.25) is 0 Å². The quantitative estimate of drug-likeness (QED) is 0.167. The minimum atomic E-state index is -0.401. The maximum absolute atomic E-state index is 11.8. The fraction of sp³-hybridized carbons (Fsp3) is 0.286. The third-order valence-electron chi connectivity index (χ3n) is 5.99. The molecule has 8 nitrogen and oxygen atoms in total. The zero-order valence-corrected chi connectivity index (χ0v) is 21.1. The second kappa shape index (κ2) is 12.0. The first-order valence-corrected chi connectivity index (χ1v) is 11.7. The second-order valence-corrected chi connectivity index (χ2v) is 8.37. The standard InChI is InChI=1S/C28H31N3O5/c1-6-9-22-14-24(30(18-32)26(22)8-3)16-29-25-15-28(27(35-5)10-19(25)4)36-17-21-11-20(7-2)12-23(13-21)31(33)34/h6,8-13,15-16,18,24H,3,7,14,17H2,1-2,4-5H3/b9-6-,29-16?. The molecule has 0 N–H and O–H groups in total. The number of methoxy groups -OCH3 is 1. The zero-order valence-electron chi connectivity index (χ0n) is 21.1. The Hall–Kier alpha value is -4.20. The monoisotopic (exact) mass is 489 g/mol. The van der Waals surface area contributed by atoms with Gasteiger partial charge < -0.3 is 14.4 Å². The van der Waals surface area contributed by atoms with Crippen LogP contribution in [0.15, 0.2) is 71.4 Å². The maximum Gasteiger partial charge on any atom is 0.270 e. The summed E-state index contributed by atoms with van der Waals surface area (Å²) in [6, 6.07) is 8.36. The molecule has 0 saturated heterocycles. The molecule has 8 heteroatoms. The number of hydrogen-bond acceptors (Lipinski definition) is 6. The van der Waals surface area contributed by atoms with Crippen molar-refractivity contribution in [2.45, 2.75) is 46.3 Å². The third-order valence-corrected chi connectivity index (χ3v) is 5.99. The largest absolute Gasteiger partial charge is 0.493 e. The summed E-state index contributed by atoms with van der Waals surface area (Å²) in [5.74, 6) is 1.01. The number of hydrogen-bond donors (Lipinski definition) is 0. The van der Waals surface area contributed by atoms with Gasteiger partial charge in [-0.3, -0.25) is 19.9 Å². The molecule has 0 saturated carbocycles. The zero-order chi connectivity index (χ0) is 26.2. The Morgan fingerprint density at radius 1 is 1.22 bits per heavy atom. The highest BCUT2D eigenvalue weighted by atomic mass is 16.6. The molecule has 1 heterocycles. The number of aliphatic imine (C=N–C) groups is 1. The minimum absolute atomic E-state index is 0.0372. The molecular weight excluding hydrogens is 458 g/mol. The summed E-state index contributed by atoms with van der Waals surface area (Å²) in [7, 11) is 1.55. The summed E-state index contributed by atoms with van der Waals surface area (Å²) >= 11 is 0. The topological polar surface area (TPSA) is 94.3 Å². The fourth-order valence-electron chi connectivity index (χ4n) is 4.15. The molecule has 0 aliphatic carbocycles. The van der Waals surface area contributed by atoms with Crippen LogP contribution >= 0.6 is 0 Å². The van der Waals surface area contributed by atoms with E-state index >= 15 is 0 Å². The van der Waals surface area contributed by atoms with Crippen molar-refractivity contribution in [2.24, 2.45) is 4.99 Å². The molecule has 0 bridgehead atoms. The van der Waals surface area contributed by atoms with Gasteiger partial charge in [0.15, 0.2) is 11.5 Å². The average Bonchev–Trinajstić information content (AvgIpc) is 3.22. The van der Waals surface area contributed by atoms with E-state index in [0.29, 0.717) is 35.6 Å². The van der Waals surface area contributed by atoms with Gasteiger partial charge in [0.2, 0.25) is 6.41 Å². The lowest BCUT2D eigenvalue weighted by atomic mass is 10.1. The van der Waals surface area contributed by atoms with Gasteiger partial charge >= 0.3 is 0 Å². The van der Waals surface area contributed by atoms with Gasteiger partial charge in [-0.25, -0.2) is 0 Å². The van der Waals surface area contributed by atoms with Crippen molar-refractivity contribution in [1.82, 2.24) is 4.90 Å². The van der Waals surface area contributed by atoms with Crippen molar-refractivity contribution < 1.29 is 19.2 Å². The maximum atomic E-state index is 11.8. The Balaban J connectivity index is 1.86. The van der Waals surface area contributed by atoms with Crippen molar-refractivity contribution in [3.63, 3.8) is 0 Å². The second-order valence-electron chi connectivity index (χ2n) is 8.37. The highest BCUT2D eigenvalue weighted by molar-refractivity contribution is 5.77. The van der Waals surface area contributed by atoms with Gasteiger partial charge in [0, 0.05) is 36.5 Å². The van der Waals surface area contributed by atoms with Gasteiger partial charge in [0.05, 0.1) is 23.8 Å². The first-order chi connectivity index (χ1) is 17.3. The third kappa shape index (κ3) is 5.89. The van der Waals surface area contributed by atoms with E-state index in [1.165, 1.54) is 6.07 Å².